The lowest BCUT2D eigenvalue weighted by Crippen LogP contribution is -2.78. The normalized spacial score (nSPS) is 31.1. The highest BCUT2D eigenvalue weighted by atomic mass is 16.6. The molecule has 42 heavy (non-hydrogen) atoms. The molecule has 1 spiro atoms. The minimum absolute atomic E-state index is 0.00384. The van der Waals surface area contributed by atoms with Gasteiger partial charge < -0.3 is 19.5 Å². The van der Waals surface area contributed by atoms with E-state index in [0.717, 1.165) is 43.0 Å². The first-order valence-electron chi connectivity index (χ1n) is 15.7. The SMILES string of the molecule is CC(=O)Oc1ccc2c3c1O[C@H]1[C@@H](N(CC(C)C)C(=O)C=Cc4ccccc4)CC[C@@]4(O)[C@@H](C2)N(CC2CC2)CC[C@]314. The molecule has 7 nitrogen and oxygen atoms in total. The molecule has 1 saturated heterocycles. The van der Waals surface area contributed by atoms with Gasteiger partial charge in [-0.15, -0.1) is 0 Å². The van der Waals surface area contributed by atoms with Crippen molar-refractivity contribution in [2.75, 3.05) is 19.6 Å². The fraction of sp³-hybridized carbons (Fsp3) is 0.543. The first-order chi connectivity index (χ1) is 20.2. The lowest BCUT2D eigenvalue weighted by atomic mass is 9.48. The molecule has 2 aliphatic heterocycles. The van der Waals surface area contributed by atoms with Crippen LogP contribution in [-0.2, 0) is 21.4 Å². The summed E-state index contributed by atoms with van der Waals surface area (Å²) in [5.41, 5.74) is 1.51. The topological polar surface area (TPSA) is 79.3 Å². The second kappa shape index (κ2) is 10.2. The van der Waals surface area contributed by atoms with E-state index in [-0.39, 0.29) is 23.9 Å². The molecule has 1 amide bonds. The predicted octanol–water partition coefficient (Wildman–Crippen LogP) is 4.74. The summed E-state index contributed by atoms with van der Waals surface area (Å²) in [6.45, 7) is 8.18. The number of amides is 1. The number of hydrogen-bond acceptors (Lipinski definition) is 6. The quantitative estimate of drug-likeness (QED) is 0.281. The molecule has 2 aromatic rings. The Balaban J connectivity index is 1.31. The summed E-state index contributed by atoms with van der Waals surface area (Å²) in [6, 6.07) is 13.6. The number of carbonyl (C=O) groups is 2. The Morgan fingerprint density at radius 2 is 1.93 bits per heavy atom. The summed E-state index contributed by atoms with van der Waals surface area (Å²) in [7, 11) is 0. The van der Waals surface area contributed by atoms with Gasteiger partial charge in [0.1, 0.15) is 6.10 Å². The summed E-state index contributed by atoms with van der Waals surface area (Å²) in [6.07, 6.45) is 8.43. The van der Waals surface area contributed by atoms with E-state index >= 15 is 0 Å². The van der Waals surface area contributed by atoms with E-state index in [9.17, 15) is 14.7 Å². The molecule has 3 aliphatic carbocycles. The molecular weight excluding hydrogens is 528 g/mol. The average molecular weight is 571 g/mol. The van der Waals surface area contributed by atoms with Crippen molar-refractivity contribution in [1.82, 2.24) is 9.80 Å². The van der Waals surface area contributed by atoms with Crippen LogP contribution >= 0.6 is 0 Å². The van der Waals surface area contributed by atoms with Crippen LogP contribution in [0.5, 0.6) is 11.5 Å². The summed E-state index contributed by atoms with van der Waals surface area (Å²) >= 11 is 0. The van der Waals surface area contributed by atoms with E-state index in [1.807, 2.05) is 47.4 Å². The van der Waals surface area contributed by atoms with Crippen LogP contribution in [0, 0.1) is 11.8 Å². The minimum atomic E-state index is -0.985. The van der Waals surface area contributed by atoms with E-state index in [4.69, 9.17) is 9.47 Å². The van der Waals surface area contributed by atoms with Crippen LogP contribution < -0.4 is 9.47 Å². The summed E-state index contributed by atoms with van der Waals surface area (Å²) in [5, 5.41) is 12.9. The number of carbonyl (C=O) groups excluding carboxylic acids is 2. The monoisotopic (exact) mass is 570 g/mol. The smallest absolute Gasteiger partial charge is 0.308 e. The first kappa shape index (κ1) is 27.7. The Bertz CT molecular complexity index is 1420. The van der Waals surface area contributed by atoms with Crippen molar-refractivity contribution >= 4 is 18.0 Å². The van der Waals surface area contributed by atoms with E-state index in [1.165, 1.54) is 25.3 Å². The second-order valence-corrected chi connectivity index (χ2v) is 13.6. The van der Waals surface area contributed by atoms with Crippen LogP contribution in [0.1, 0.15) is 69.6 Å². The zero-order valence-corrected chi connectivity index (χ0v) is 24.9. The Labute approximate surface area is 248 Å². The number of aliphatic hydroxyl groups is 1. The van der Waals surface area contributed by atoms with Gasteiger partial charge in [0.25, 0.3) is 0 Å². The van der Waals surface area contributed by atoms with E-state index in [2.05, 4.69) is 24.8 Å². The highest BCUT2D eigenvalue weighted by molar-refractivity contribution is 5.92. The number of benzene rings is 2. The van der Waals surface area contributed by atoms with Crippen molar-refractivity contribution in [1.29, 1.82) is 0 Å². The zero-order valence-electron chi connectivity index (χ0n) is 24.9. The van der Waals surface area contributed by atoms with Crippen molar-refractivity contribution in [3.63, 3.8) is 0 Å². The molecule has 0 aromatic heterocycles. The second-order valence-electron chi connectivity index (χ2n) is 13.6. The third kappa shape index (κ3) is 4.31. The van der Waals surface area contributed by atoms with Gasteiger partial charge in [-0.3, -0.25) is 14.5 Å². The zero-order chi connectivity index (χ0) is 29.2. The Hall–Kier alpha value is -3.16. The average Bonchev–Trinajstić information content (AvgIpc) is 3.70. The molecule has 222 valence electrons. The molecule has 2 bridgehead atoms. The highest BCUT2D eigenvalue weighted by Gasteiger charge is 2.73. The van der Waals surface area contributed by atoms with Crippen molar-refractivity contribution < 1.29 is 24.2 Å². The number of ether oxygens (including phenoxy) is 2. The summed E-state index contributed by atoms with van der Waals surface area (Å²) in [4.78, 5) is 30.6. The molecule has 0 radical (unpaired) electrons. The van der Waals surface area contributed by atoms with Gasteiger partial charge in [-0.25, -0.2) is 0 Å². The van der Waals surface area contributed by atoms with Crippen LogP contribution in [0.15, 0.2) is 48.5 Å². The standard InChI is InChI=1S/C35H42N2O5/c1-22(2)20-37(30(39)14-11-24-7-5-4-6-8-24)27-15-16-35(40)29-19-26-12-13-28(41-23(3)38)32-31(26)34(35,33(27)42-32)17-18-36(29)21-25-9-10-25/h4-8,11-14,22,25,27,29,33,40H,9-10,15-21H2,1-3H3/t27-,29+,33-,34-,35+/m0/s1. The molecule has 7 rings (SSSR count). The molecule has 7 heteroatoms. The van der Waals surface area contributed by atoms with Crippen LogP contribution in [0.4, 0.5) is 0 Å². The van der Waals surface area contributed by atoms with E-state index < -0.39 is 23.1 Å². The summed E-state index contributed by atoms with van der Waals surface area (Å²) < 4.78 is 12.6. The first-order valence-corrected chi connectivity index (χ1v) is 15.7. The van der Waals surface area contributed by atoms with E-state index in [1.54, 1.807) is 6.08 Å². The van der Waals surface area contributed by atoms with Crippen LogP contribution in [0.2, 0.25) is 0 Å². The van der Waals surface area contributed by atoms with Gasteiger partial charge in [0, 0.05) is 37.7 Å². The van der Waals surface area contributed by atoms with Crippen LogP contribution in [0.3, 0.4) is 0 Å². The lowest BCUT2D eigenvalue weighted by molar-refractivity contribution is -0.201. The van der Waals surface area contributed by atoms with Gasteiger partial charge in [0.05, 0.1) is 17.1 Å². The molecule has 3 fully saturated rings. The Morgan fingerprint density at radius 3 is 2.64 bits per heavy atom. The number of nitrogens with zero attached hydrogens (tertiary/aromatic N) is 2. The van der Waals surface area contributed by atoms with Gasteiger partial charge in [-0.05, 0) is 80.2 Å². The molecule has 2 heterocycles. The molecule has 5 atom stereocenters. The third-order valence-corrected chi connectivity index (χ3v) is 10.4. The molecule has 1 N–H and O–H groups in total. The summed E-state index contributed by atoms with van der Waals surface area (Å²) in [5.74, 6) is 1.54. The van der Waals surface area contributed by atoms with Crippen molar-refractivity contribution in [2.45, 2.75) is 88.5 Å². The molecule has 2 saturated carbocycles. The Morgan fingerprint density at radius 1 is 1.14 bits per heavy atom. The van der Waals surface area contributed by atoms with E-state index in [0.29, 0.717) is 30.9 Å². The fourth-order valence-corrected chi connectivity index (χ4v) is 8.61. The minimum Gasteiger partial charge on any atom is -0.483 e. The molecular formula is C35H42N2O5. The lowest BCUT2D eigenvalue weighted by Gasteiger charge is -2.65. The van der Waals surface area contributed by atoms with Gasteiger partial charge in [-0.1, -0.05) is 50.2 Å². The maximum Gasteiger partial charge on any atom is 0.308 e. The number of piperidine rings is 1. The number of esters is 1. The third-order valence-electron chi connectivity index (χ3n) is 10.4. The predicted molar refractivity (Wildman–Crippen MR) is 160 cm³/mol. The van der Waals surface area contributed by atoms with Crippen molar-refractivity contribution in [2.24, 2.45) is 11.8 Å². The number of hydrogen-bond donors (Lipinski definition) is 1. The highest BCUT2D eigenvalue weighted by Crippen LogP contribution is 2.66. The van der Waals surface area contributed by atoms with Gasteiger partial charge >= 0.3 is 5.97 Å². The maximum absolute atomic E-state index is 14.0. The molecule has 2 aromatic carbocycles. The van der Waals surface area contributed by atoms with Crippen molar-refractivity contribution in [3.05, 3.63) is 65.2 Å². The number of likely N-dealkylation sites (tertiary alicyclic amines) is 1. The van der Waals surface area contributed by atoms with Crippen molar-refractivity contribution in [3.8, 4) is 11.5 Å². The van der Waals surface area contributed by atoms with Crippen LogP contribution in [0.25, 0.3) is 6.08 Å². The van der Waals surface area contributed by atoms with Crippen LogP contribution in [-0.4, -0.2) is 70.2 Å². The fourth-order valence-electron chi connectivity index (χ4n) is 8.61. The molecule has 0 unspecified atom stereocenters. The maximum atomic E-state index is 14.0. The Kier molecular flexibility index (Phi) is 6.74. The molecule has 5 aliphatic rings. The number of rotatable bonds is 8. The van der Waals surface area contributed by atoms with Gasteiger partial charge in [0.15, 0.2) is 11.5 Å². The largest absolute Gasteiger partial charge is 0.483 e. The van der Waals surface area contributed by atoms with Gasteiger partial charge in [-0.2, -0.15) is 0 Å². The van der Waals surface area contributed by atoms with Gasteiger partial charge in [0.2, 0.25) is 5.91 Å².